The quantitative estimate of drug-likeness (QED) is 0.247. The number of rotatable bonds is 9. The summed E-state index contributed by atoms with van der Waals surface area (Å²) in [7, 11) is 0. The third-order valence-corrected chi connectivity index (χ3v) is 7.14. The average Bonchev–Trinajstić information content (AvgIpc) is 3.27. The van der Waals surface area contributed by atoms with E-state index in [1.165, 1.54) is 6.92 Å². The topological polar surface area (TPSA) is 84.9 Å². The van der Waals surface area contributed by atoms with E-state index in [-0.39, 0.29) is 24.9 Å². The van der Waals surface area contributed by atoms with Crippen molar-refractivity contribution in [2.24, 2.45) is 0 Å². The number of amides is 1. The zero-order valence-electron chi connectivity index (χ0n) is 21.6. The number of ether oxygens (including phenoxy) is 2. The summed E-state index contributed by atoms with van der Waals surface area (Å²) in [5.41, 5.74) is 4.44. The molecule has 2 N–H and O–H groups in total. The number of carbonyl (C=O) groups excluding carboxylic acids is 1. The molecular formula is C32H27F2NO5. The maximum Gasteiger partial charge on any atom is 0.407 e. The second-order valence-corrected chi connectivity index (χ2v) is 9.65. The van der Waals surface area contributed by atoms with E-state index in [0.29, 0.717) is 0 Å². The smallest absolute Gasteiger partial charge is 0.407 e. The van der Waals surface area contributed by atoms with Crippen LogP contribution in [-0.2, 0) is 16.1 Å². The molecule has 8 heteroatoms. The van der Waals surface area contributed by atoms with Gasteiger partial charge in [0.25, 0.3) is 0 Å². The van der Waals surface area contributed by atoms with Gasteiger partial charge in [-0.15, -0.1) is 0 Å². The van der Waals surface area contributed by atoms with Crippen molar-refractivity contribution >= 4 is 12.1 Å². The van der Waals surface area contributed by atoms with Gasteiger partial charge in [-0.1, -0.05) is 85.8 Å². The predicted molar refractivity (Wildman–Crippen MR) is 145 cm³/mol. The Balaban J connectivity index is 1.26. The van der Waals surface area contributed by atoms with Gasteiger partial charge in [0.1, 0.15) is 36.6 Å². The molecule has 6 nitrogen and oxygen atoms in total. The van der Waals surface area contributed by atoms with E-state index in [4.69, 9.17) is 9.47 Å². The van der Waals surface area contributed by atoms with Crippen LogP contribution in [0.2, 0.25) is 0 Å². The van der Waals surface area contributed by atoms with Crippen LogP contribution in [0.5, 0.6) is 5.75 Å². The highest BCUT2D eigenvalue weighted by molar-refractivity contribution is 5.82. The third kappa shape index (κ3) is 5.52. The first-order valence-electron chi connectivity index (χ1n) is 12.8. The molecule has 40 heavy (non-hydrogen) atoms. The molecule has 0 fully saturated rings. The Labute approximate surface area is 230 Å². The van der Waals surface area contributed by atoms with Crippen molar-refractivity contribution in [2.75, 3.05) is 6.61 Å². The second-order valence-electron chi connectivity index (χ2n) is 9.65. The number of hydrogen-bond acceptors (Lipinski definition) is 4. The summed E-state index contributed by atoms with van der Waals surface area (Å²) in [5.74, 6) is -4.92. The Morgan fingerprint density at radius 2 is 1.43 bits per heavy atom. The zero-order valence-corrected chi connectivity index (χ0v) is 21.6. The summed E-state index contributed by atoms with van der Waals surface area (Å²) in [6, 6.07) is 25.1. The molecule has 0 heterocycles. The van der Waals surface area contributed by atoms with Crippen LogP contribution in [0.1, 0.15) is 41.0 Å². The van der Waals surface area contributed by atoms with Crippen LogP contribution in [0.25, 0.3) is 11.1 Å². The lowest BCUT2D eigenvalue weighted by atomic mass is 9.92. The highest BCUT2D eigenvalue weighted by atomic mass is 19.1. The maximum atomic E-state index is 15.0. The van der Waals surface area contributed by atoms with Crippen molar-refractivity contribution < 1.29 is 33.0 Å². The van der Waals surface area contributed by atoms with Crippen molar-refractivity contribution in [3.05, 3.63) is 125 Å². The van der Waals surface area contributed by atoms with Gasteiger partial charge in [0, 0.05) is 29.5 Å². The first-order valence-corrected chi connectivity index (χ1v) is 12.8. The van der Waals surface area contributed by atoms with Gasteiger partial charge in [-0.25, -0.2) is 18.4 Å². The largest absolute Gasteiger partial charge is 0.489 e. The summed E-state index contributed by atoms with van der Waals surface area (Å²) >= 11 is 0. The van der Waals surface area contributed by atoms with E-state index in [1.54, 1.807) is 0 Å². The Kier molecular flexibility index (Phi) is 7.77. The monoisotopic (exact) mass is 543 g/mol. The number of aliphatic carboxylic acids is 1. The highest BCUT2D eigenvalue weighted by Gasteiger charge is 2.34. The fourth-order valence-electron chi connectivity index (χ4n) is 5.15. The van der Waals surface area contributed by atoms with Crippen molar-refractivity contribution in [2.45, 2.75) is 31.4 Å². The molecule has 0 bridgehead atoms. The number of hydrogen-bond donors (Lipinski definition) is 2. The van der Waals surface area contributed by atoms with Gasteiger partial charge in [0.2, 0.25) is 0 Å². The summed E-state index contributed by atoms with van der Waals surface area (Å²) in [5, 5.41) is 12.1. The zero-order chi connectivity index (χ0) is 28.2. The van der Waals surface area contributed by atoms with Gasteiger partial charge >= 0.3 is 12.1 Å². The molecule has 4 aromatic carbocycles. The van der Waals surface area contributed by atoms with Crippen molar-refractivity contribution in [1.82, 2.24) is 5.32 Å². The molecule has 0 aromatic heterocycles. The van der Waals surface area contributed by atoms with Gasteiger partial charge in [0.15, 0.2) is 0 Å². The molecule has 1 aliphatic carbocycles. The van der Waals surface area contributed by atoms with Crippen molar-refractivity contribution in [1.29, 1.82) is 0 Å². The van der Waals surface area contributed by atoms with E-state index in [2.05, 4.69) is 5.32 Å². The lowest BCUT2D eigenvalue weighted by molar-refractivity contribution is -0.139. The molecule has 0 aliphatic heterocycles. The number of benzene rings is 4. The van der Waals surface area contributed by atoms with Crippen LogP contribution >= 0.6 is 0 Å². The summed E-state index contributed by atoms with van der Waals surface area (Å²) in [6.45, 7) is 1.40. The fraction of sp³-hybridized carbons (Fsp3) is 0.188. The van der Waals surface area contributed by atoms with Crippen LogP contribution in [-0.4, -0.2) is 29.8 Å². The minimum atomic E-state index is -1.64. The van der Waals surface area contributed by atoms with Gasteiger partial charge in [-0.2, -0.15) is 0 Å². The molecule has 5 rings (SSSR count). The Morgan fingerprint density at radius 3 is 2.00 bits per heavy atom. The minimum Gasteiger partial charge on any atom is -0.489 e. The predicted octanol–water partition coefficient (Wildman–Crippen LogP) is 6.64. The van der Waals surface area contributed by atoms with E-state index >= 15 is 8.78 Å². The molecule has 0 saturated carbocycles. The molecule has 1 amide bonds. The normalized spacial score (nSPS) is 13.6. The van der Waals surface area contributed by atoms with Crippen LogP contribution < -0.4 is 10.1 Å². The van der Waals surface area contributed by atoms with Crippen LogP contribution in [0.4, 0.5) is 13.6 Å². The summed E-state index contributed by atoms with van der Waals surface area (Å²) in [6.07, 6.45) is -0.996. The van der Waals surface area contributed by atoms with Crippen LogP contribution in [0.3, 0.4) is 0 Å². The maximum absolute atomic E-state index is 15.0. The van der Waals surface area contributed by atoms with E-state index in [1.807, 2.05) is 78.9 Å². The molecule has 1 aliphatic rings. The number of carboxylic acids is 1. The Bertz CT molecular complexity index is 1470. The average molecular weight is 544 g/mol. The lowest BCUT2D eigenvalue weighted by Gasteiger charge is -2.23. The van der Waals surface area contributed by atoms with Gasteiger partial charge < -0.3 is 19.9 Å². The highest BCUT2D eigenvalue weighted by Crippen LogP contribution is 2.44. The number of fused-ring (bicyclic) bond motifs is 3. The minimum absolute atomic E-state index is 0.0310. The van der Waals surface area contributed by atoms with Crippen LogP contribution in [0, 0.1) is 11.6 Å². The molecule has 0 radical (unpaired) electrons. The SMILES string of the molecule is CC(c1c(F)cc(OCc2ccccc2)cc1F)[C@H](NC(=O)OCC1c2ccccc2-c2ccccc21)C(=O)O. The number of nitrogens with one attached hydrogen (secondary N) is 1. The molecule has 4 aromatic rings. The van der Waals surface area contributed by atoms with E-state index in [0.717, 1.165) is 39.9 Å². The van der Waals surface area contributed by atoms with E-state index < -0.39 is 41.2 Å². The molecule has 1 unspecified atom stereocenters. The summed E-state index contributed by atoms with van der Waals surface area (Å²) < 4.78 is 41.0. The first kappa shape index (κ1) is 26.9. The number of halogens is 2. The number of alkyl carbamates (subject to hydrolysis) is 1. The Morgan fingerprint density at radius 1 is 0.875 bits per heavy atom. The second kappa shape index (κ2) is 11.6. The molecule has 0 saturated heterocycles. The number of carbonyl (C=O) groups is 2. The standard InChI is InChI=1S/C32H27F2NO5/c1-19(29-27(33)15-21(16-28(29)34)39-17-20-9-3-2-4-10-20)30(31(36)37)35-32(38)40-18-26-24-13-7-5-11-22(24)23-12-6-8-14-25(23)26/h2-16,19,26,30H,17-18H2,1H3,(H,35,38)(H,36,37)/t19?,30-/m0/s1. The van der Waals surface area contributed by atoms with Gasteiger partial charge in [-0.3, -0.25) is 0 Å². The van der Waals surface area contributed by atoms with E-state index in [9.17, 15) is 14.7 Å². The van der Waals surface area contributed by atoms with Gasteiger partial charge in [0.05, 0.1) is 0 Å². The van der Waals surface area contributed by atoms with Crippen molar-refractivity contribution in [3.8, 4) is 16.9 Å². The molecular weight excluding hydrogens is 516 g/mol. The van der Waals surface area contributed by atoms with Crippen LogP contribution in [0.15, 0.2) is 91.0 Å². The summed E-state index contributed by atoms with van der Waals surface area (Å²) in [4.78, 5) is 24.8. The first-order chi connectivity index (χ1) is 19.3. The van der Waals surface area contributed by atoms with Crippen molar-refractivity contribution in [3.63, 3.8) is 0 Å². The Hall–Kier alpha value is -4.72. The van der Waals surface area contributed by atoms with Gasteiger partial charge in [-0.05, 0) is 27.8 Å². The molecule has 2 atom stereocenters. The fourth-order valence-corrected chi connectivity index (χ4v) is 5.15. The number of carboxylic acid groups (broad SMARTS) is 1. The molecule has 204 valence electrons. The third-order valence-electron chi connectivity index (χ3n) is 7.14. The molecule has 0 spiro atoms. The lowest BCUT2D eigenvalue weighted by Crippen LogP contribution is -2.45.